The van der Waals surface area contributed by atoms with Gasteiger partial charge in [0, 0.05) is 15.7 Å². The number of carbonyl (C=O) groups is 1. The van der Waals surface area contributed by atoms with Gasteiger partial charge in [-0.3, -0.25) is 4.79 Å². The van der Waals surface area contributed by atoms with Gasteiger partial charge in [0.25, 0.3) is 6.33 Å². The van der Waals surface area contributed by atoms with Crippen LogP contribution in [0.25, 0.3) is 0 Å². The number of Topliss-reactive ketones (excluding diaryl/α,β-unsaturated/α-hetero) is 1. The molecule has 0 atom stereocenters. The molecule has 0 aliphatic heterocycles. The maximum absolute atomic E-state index is 12.0. The summed E-state index contributed by atoms with van der Waals surface area (Å²) in [5.41, 5.74) is 0.453. The monoisotopic (exact) mass is 270 g/mol. The van der Waals surface area contributed by atoms with Crippen LogP contribution >= 0.6 is 23.2 Å². The molecule has 4 nitrogen and oxygen atoms in total. The molecule has 0 fully saturated rings. The molecule has 2 rings (SSSR count). The van der Waals surface area contributed by atoms with E-state index in [4.69, 9.17) is 23.2 Å². The van der Waals surface area contributed by atoms with Crippen molar-refractivity contribution in [2.24, 2.45) is 7.05 Å². The Hall–Kier alpha value is -1.39. The zero-order valence-corrected chi connectivity index (χ0v) is 10.6. The van der Waals surface area contributed by atoms with Gasteiger partial charge < -0.3 is 0 Å². The maximum atomic E-state index is 12.0. The normalized spacial score (nSPS) is 10.5. The van der Waals surface area contributed by atoms with E-state index in [1.807, 2.05) is 7.05 Å². The molecule has 88 valence electrons. The van der Waals surface area contributed by atoms with E-state index >= 15 is 0 Å². The Morgan fingerprint density at radius 2 is 2.24 bits per heavy atom. The highest BCUT2D eigenvalue weighted by Crippen LogP contribution is 2.21. The molecule has 0 saturated carbocycles. The van der Waals surface area contributed by atoms with E-state index in [2.05, 4.69) is 5.10 Å². The van der Waals surface area contributed by atoms with Gasteiger partial charge in [-0.1, -0.05) is 23.2 Å². The third kappa shape index (κ3) is 2.84. The largest absolute Gasteiger partial charge is 0.290 e. The molecule has 0 saturated heterocycles. The third-order valence-electron chi connectivity index (χ3n) is 2.23. The fourth-order valence-electron chi connectivity index (χ4n) is 1.45. The molecule has 2 aromatic rings. The first-order chi connectivity index (χ1) is 8.06. The lowest BCUT2D eigenvalue weighted by Gasteiger charge is -2.01. The molecule has 0 bridgehead atoms. The fourth-order valence-corrected chi connectivity index (χ4v) is 1.96. The molecule has 6 heteroatoms. The summed E-state index contributed by atoms with van der Waals surface area (Å²) >= 11 is 11.7. The van der Waals surface area contributed by atoms with Crippen LogP contribution in [0.15, 0.2) is 30.9 Å². The van der Waals surface area contributed by atoms with E-state index < -0.39 is 0 Å². The second-order valence-electron chi connectivity index (χ2n) is 3.66. The molecule has 17 heavy (non-hydrogen) atoms. The van der Waals surface area contributed by atoms with Crippen molar-refractivity contribution in [2.75, 3.05) is 0 Å². The molecule has 0 radical (unpaired) electrons. The van der Waals surface area contributed by atoms with Crippen molar-refractivity contribution in [2.45, 2.75) is 6.54 Å². The molecule has 1 heterocycles. The van der Waals surface area contributed by atoms with Crippen LogP contribution in [0.5, 0.6) is 0 Å². The van der Waals surface area contributed by atoms with E-state index in [-0.39, 0.29) is 12.3 Å². The summed E-state index contributed by atoms with van der Waals surface area (Å²) < 4.78 is 3.31. The quantitative estimate of drug-likeness (QED) is 0.631. The second kappa shape index (κ2) is 4.85. The van der Waals surface area contributed by atoms with E-state index in [1.54, 1.807) is 40.1 Å². The minimum Gasteiger partial charge on any atom is -0.290 e. The van der Waals surface area contributed by atoms with Crippen molar-refractivity contribution in [1.82, 2.24) is 9.78 Å². The van der Waals surface area contributed by atoms with Gasteiger partial charge in [-0.05, 0) is 18.2 Å². The van der Waals surface area contributed by atoms with Gasteiger partial charge in [0.15, 0.2) is 6.54 Å². The van der Waals surface area contributed by atoms with E-state index in [0.717, 1.165) is 0 Å². The van der Waals surface area contributed by atoms with Crippen LogP contribution < -0.4 is 4.57 Å². The van der Waals surface area contributed by atoms with E-state index in [0.29, 0.717) is 15.6 Å². The van der Waals surface area contributed by atoms with Crippen molar-refractivity contribution < 1.29 is 9.36 Å². The van der Waals surface area contributed by atoms with Gasteiger partial charge in [0.05, 0.1) is 12.1 Å². The number of hydrogen-bond acceptors (Lipinski definition) is 2. The molecule has 0 unspecified atom stereocenters. The standard InChI is InChI=1S/C11H10Cl2N3O/c1-15-6-14-16(7-15)5-11(17)9-3-2-8(12)4-10(9)13/h2-4,6-7H,5H2,1H3/q+1. The molecule has 1 aromatic heterocycles. The topological polar surface area (TPSA) is 38.8 Å². The predicted octanol–water partition coefficient (Wildman–Crippen LogP) is 1.90. The number of rotatable bonds is 3. The maximum Gasteiger partial charge on any atom is 0.264 e. The number of benzene rings is 1. The summed E-state index contributed by atoms with van der Waals surface area (Å²) in [6.07, 6.45) is 3.35. The number of aryl methyl sites for hydroxylation is 1. The molecule has 0 aliphatic carbocycles. The van der Waals surface area contributed by atoms with Crippen LogP contribution in [0.3, 0.4) is 0 Å². The number of hydrogen-bond donors (Lipinski definition) is 0. The summed E-state index contributed by atoms with van der Waals surface area (Å²) in [5, 5.41) is 4.89. The van der Waals surface area contributed by atoms with Crippen molar-refractivity contribution in [3.05, 3.63) is 46.5 Å². The highest BCUT2D eigenvalue weighted by molar-refractivity contribution is 6.36. The Kier molecular flexibility index (Phi) is 3.45. The first-order valence-corrected chi connectivity index (χ1v) is 5.68. The Bertz CT molecular complexity index is 566. The lowest BCUT2D eigenvalue weighted by molar-refractivity contribution is -0.672. The molecular formula is C11H10Cl2N3O+. The molecule has 0 aliphatic rings. The lowest BCUT2D eigenvalue weighted by atomic mass is 10.1. The Labute approximate surface area is 108 Å². The van der Waals surface area contributed by atoms with Gasteiger partial charge in [-0.25, -0.2) is 4.57 Å². The van der Waals surface area contributed by atoms with Crippen LogP contribution in [0.4, 0.5) is 0 Å². The highest BCUT2D eigenvalue weighted by Gasteiger charge is 2.15. The zero-order chi connectivity index (χ0) is 12.4. The summed E-state index contributed by atoms with van der Waals surface area (Å²) in [4.78, 5) is 12.0. The number of carbonyl (C=O) groups excluding carboxylic acids is 1. The molecular weight excluding hydrogens is 261 g/mol. The van der Waals surface area contributed by atoms with Crippen LogP contribution in [0.2, 0.25) is 10.0 Å². The smallest absolute Gasteiger partial charge is 0.264 e. The summed E-state index contributed by atoms with van der Waals surface area (Å²) in [6.45, 7) is 0.155. The SMILES string of the molecule is C[n+]1cnn(CC(=O)c2ccc(Cl)cc2Cl)c1. The summed E-state index contributed by atoms with van der Waals surface area (Å²) in [7, 11) is 1.84. The molecule has 1 aromatic carbocycles. The fraction of sp³-hybridized carbons (Fsp3) is 0.182. The average Bonchev–Trinajstić information content (AvgIpc) is 2.63. The molecule has 0 amide bonds. The van der Waals surface area contributed by atoms with Crippen molar-refractivity contribution in [3.63, 3.8) is 0 Å². The minimum absolute atomic E-state index is 0.102. The highest BCUT2D eigenvalue weighted by atomic mass is 35.5. The van der Waals surface area contributed by atoms with Gasteiger partial charge in [0.1, 0.15) is 0 Å². The van der Waals surface area contributed by atoms with E-state index in [1.165, 1.54) is 0 Å². The first kappa shape index (κ1) is 12.1. The van der Waals surface area contributed by atoms with Crippen LogP contribution in [-0.4, -0.2) is 15.6 Å². The molecule has 0 spiro atoms. The minimum atomic E-state index is -0.102. The van der Waals surface area contributed by atoms with Gasteiger partial charge >= 0.3 is 0 Å². The first-order valence-electron chi connectivity index (χ1n) is 4.92. The number of aromatic nitrogens is 3. The number of halogens is 2. The van der Waals surface area contributed by atoms with Crippen LogP contribution in [0.1, 0.15) is 10.4 Å². The number of ketones is 1. The lowest BCUT2D eigenvalue weighted by Crippen LogP contribution is -2.24. The summed E-state index contributed by atoms with van der Waals surface area (Å²) in [6, 6.07) is 4.82. The average molecular weight is 271 g/mol. The number of nitrogens with zero attached hydrogens (tertiary/aromatic N) is 3. The van der Waals surface area contributed by atoms with Gasteiger partial charge in [-0.2, -0.15) is 0 Å². The Morgan fingerprint density at radius 3 is 2.82 bits per heavy atom. The van der Waals surface area contributed by atoms with Crippen LogP contribution in [0, 0.1) is 0 Å². The van der Waals surface area contributed by atoms with Crippen molar-refractivity contribution in [1.29, 1.82) is 0 Å². The van der Waals surface area contributed by atoms with Crippen molar-refractivity contribution >= 4 is 29.0 Å². The van der Waals surface area contributed by atoms with Crippen LogP contribution in [-0.2, 0) is 13.6 Å². The Balaban J connectivity index is 2.20. The van der Waals surface area contributed by atoms with E-state index in [9.17, 15) is 4.79 Å². The Morgan fingerprint density at radius 1 is 1.47 bits per heavy atom. The predicted molar refractivity (Wildman–Crippen MR) is 64.2 cm³/mol. The summed E-state index contributed by atoms with van der Waals surface area (Å²) in [5.74, 6) is -0.102. The molecule has 0 N–H and O–H groups in total. The third-order valence-corrected chi connectivity index (χ3v) is 2.78. The van der Waals surface area contributed by atoms with Crippen molar-refractivity contribution in [3.8, 4) is 0 Å². The second-order valence-corrected chi connectivity index (χ2v) is 4.50. The zero-order valence-electron chi connectivity index (χ0n) is 9.10. The van der Waals surface area contributed by atoms with Gasteiger partial charge in [-0.15, -0.1) is 4.68 Å². The van der Waals surface area contributed by atoms with Gasteiger partial charge in [0.2, 0.25) is 12.1 Å².